The Kier molecular flexibility index (Phi) is 2.76. The molecule has 1 aromatic heterocycles. The molecule has 1 amide bonds. The van der Waals surface area contributed by atoms with Gasteiger partial charge in [0.25, 0.3) is 5.91 Å². The number of likely N-dealkylation sites (tertiary alicyclic amines) is 1. The van der Waals surface area contributed by atoms with Crippen LogP contribution < -0.4 is 5.43 Å². The van der Waals surface area contributed by atoms with E-state index in [1.165, 1.54) is 6.07 Å². The predicted octanol–water partition coefficient (Wildman–Crippen LogP) is 1.01. The van der Waals surface area contributed by atoms with Gasteiger partial charge in [-0.3, -0.25) is 10.2 Å². The Balaban J connectivity index is 1.93. The van der Waals surface area contributed by atoms with Crippen LogP contribution in [-0.4, -0.2) is 34.2 Å². The van der Waals surface area contributed by atoms with E-state index in [1.807, 2.05) is 0 Å². The Labute approximate surface area is 108 Å². The van der Waals surface area contributed by atoms with Crippen LogP contribution >= 0.6 is 11.6 Å². The molecule has 1 fully saturated rings. The van der Waals surface area contributed by atoms with E-state index in [2.05, 4.69) is 10.5 Å². The molecule has 2 aliphatic rings. The lowest BCUT2D eigenvalue weighted by Crippen LogP contribution is -2.27. The van der Waals surface area contributed by atoms with Gasteiger partial charge in [-0.05, 0) is 18.9 Å². The van der Waals surface area contributed by atoms with Crippen LogP contribution in [0.2, 0.25) is 0 Å². The Hall–Kier alpha value is -1.53. The van der Waals surface area contributed by atoms with Crippen LogP contribution in [0, 0.1) is 0 Å². The van der Waals surface area contributed by atoms with E-state index >= 15 is 0 Å². The Morgan fingerprint density at radius 3 is 2.94 bits per heavy atom. The molecule has 3 rings (SSSR count). The highest BCUT2D eigenvalue weighted by molar-refractivity contribution is 6.69. The Morgan fingerprint density at radius 1 is 1.56 bits per heavy atom. The van der Waals surface area contributed by atoms with E-state index in [4.69, 9.17) is 16.0 Å². The van der Waals surface area contributed by atoms with E-state index < -0.39 is 6.23 Å². The third kappa shape index (κ3) is 1.77. The Bertz CT molecular complexity index is 520. The minimum atomic E-state index is -0.994. The van der Waals surface area contributed by atoms with Crippen molar-refractivity contribution in [1.82, 2.24) is 10.3 Å². The van der Waals surface area contributed by atoms with Crippen LogP contribution in [0.3, 0.4) is 0 Å². The molecule has 3 heterocycles. The van der Waals surface area contributed by atoms with Crippen molar-refractivity contribution in [1.29, 1.82) is 0 Å². The van der Waals surface area contributed by atoms with Crippen LogP contribution in [0.1, 0.15) is 40.9 Å². The van der Waals surface area contributed by atoms with Gasteiger partial charge in [-0.2, -0.15) is 5.10 Å². The fourth-order valence-electron chi connectivity index (χ4n) is 2.19. The van der Waals surface area contributed by atoms with Crippen molar-refractivity contribution >= 4 is 22.7 Å². The number of carbonyl (C=O) groups excluding carboxylic acids is 1. The molecule has 7 heteroatoms. The number of rotatable bonds is 1. The van der Waals surface area contributed by atoms with Crippen molar-refractivity contribution < 1.29 is 14.3 Å². The van der Waals surface area contributed by atoms with Gasteiger partial charge >= 0.3 is 0 Å². The normalized spacial score (nSPS) is 22.4. The summed E-state index contributed by atoms with van der Waals surface area (Å²) < 4.78 is 5.41. The monoisotopic (exact) mass is 269 g/mol. The van der Waals surface area contributed by atoms with Crippen LogP contribution in [-0.2, 0) is 0 Å². The van der Waals surface area contributed by atoms with Crippen LogP contribution in [0.15, 0.2) is 15.6 Å². The van der Waals surface area contributed by atoms with Crippen molar-refractivity contribution in [3.63, 3.8) is 0 Å². The number of hydrogen-bond donors (Lipinski definition) is 2. The van der Waals surface area contributed by atoms with Crippen molar-refractivity contribution in [2.24, 2.45) is 5.10 Å². The van der Waals surface area contributed by atoms with Crippen LogP contribution in [0.5, 0.6) is 0 Å². The number of amides is 1. The predicted molar refractivity (Wildman–Crippen MR) is 64.3 cm³/mol. The second-order valence-corrected chi connectivity index (χ2v) is 4.69. The van der Waals surface area contributed by atoms with Gasteiger partial charge in [0.2, 0.25) is 0 Å². The van der Waals surface area contributed by atoms with E-state index in [9.17, 15) is 9.90 Å². The Morgan fingerprint density at radius 2 is 2.28 bits per heavy atom. The summed E-state index contributed by atoms with van der Waals surface area (Å²) in [6.45, 7) is 1.49. The zero-order chi connectivity index (χ0) is 12.7. The third-order valence-electron chi connectivity index (χ3n) is 3.13. The number of fused-ring (bicyclic) bond motifs is 1. The molecule has 2 N–H and O–H groups in total. The number of nitrogens with zero attached hydrogens (tertiary/aromatic N) is 2. The maximum absolute atomic E-state index is 12.1. The summed E-state index contributed by atoms with van der Waals surface area (Å²) in [6, 6.07) is 1.52. The van der Waals surface area contributed by atoms with Crippen LogP contribution in [0.4, 0.5) is 0 Å². The summed E-state index contributed by atoms with van der Waals surface area (Å²) in [4.78, 5) is 13.9. The highest BCUT2D eigenvalue weighted by atomic mass is 35.5. The average molecular weight is 270 g/mol. The first-order valence-corrected chi connectivity index (χ1v) is 6.15. The molecule has 0 bridgehead atoms. The fourth-order valence-corrected chi connectivity index (χ4v) is 2.39. The maximum Gasteiger partial charge on any atom is 0.289 e. The van der Waals surface area contributed by atoms with Gasteiger partial charge in [0.05, 0.1) is 5.56 Å². The number of nitrogens with one attached hydrogen (secondary N) is 1. The van der Waals surface area contributed by atoms with E-state index in [0.717, 1.165) is 25.9 Å². The number of hydrazone groups is 1. The minimum Gasteiger partial charge on any atom is -0.448 e. The van der Waals surface area contributed by atoms with Gasteiger partial charge in [0, 0.05) is 13.1 Å². The largest absolute Gasteiger partial charge is 0.448 e. The molecule has 0 radical (unpaired) electrons. The second-order valence-electron chi connectivity index (χ2n) is 4.33. The molecule has 6 nitrogen and oxygen atoms in total. The highest BCUT2D eigenvalue weighted by Crippen LogP contribution is 2.27. The molecule has 1 aromatic rings. The molecule has 96 valence electrons. The molecule has 1 unspecified atom stereocenters. The van der Waals surface area contributed by atoms with Gasteiger partial charge in [-0.15, -0.1) is 0 Å². The summed E-state index contributed by atoms with van der Waals surface area (Å²) >= 11 is 5.85. The number of aliphatic hydroxyl groups excluding tert-OH is 1. The molecule has 0 saturated carbocycles. The van der Waals surface area contributed by atoms with Gasteiger partial charge in [-0.25, -0.2) is 0 Å². The lowest BCUT2D eigenvalue weighted by molar-refractivity contribution is 0.0761. The zero-order valence-corrected chi connectivity index (χ0v) is 10.3. The molecule has 0 spiro atoms. The van der Waals surface area contributed by atoms with Crippen molar-refractivity contribution in [2.45, 2.75) is 19.1 Å². The SMILES string of the molecule is O=C(c1cc2c(o1)C(Cl)=NNC2O)N1CCCC1. The van der Waals surface area contributed by atoms with Gasteiger partial charge in [-0.1, -0.05) is 11.6 Å². The number of carbonyl (C=O) groups is 1. The molecule has 0 aliphatic carbocycles. The second kappa shape index (κ2) is 4.29. The maximum atomic E-state index is 12.1. The standard InChI is InChI=1S/C11H12ClN3O3/c12-9-8-6(10(16)14-13-9)5-7(18-8)11(17)15-3-1-2-4-15/h5,10,14,16H,1-4H2. The first-order valence-electron chi connectivity index (χ1n) is 5.77. The van der Waals surface area contributed by atoms with E-state index in [1.54, 1.807) is 4.90 Å². The number of aliphatic hydroxyl groups is 1. The van der Waals surface area contributed by atoms with Crippen molar-refractivity contribution in [3.8, 4) is 0 Å². The summed E-state index contributed by atoms with van der Waals surface area (Å²) in [5, 5.41) is 13.5. The number of furan rings is 1. The molecule has 1 atom stereocenters. The van der Waals surface area contributed by atoms with Gasteiger partial charge < -0.3 is 14.4 Å². The van der Waals surface area contributed by atoms with Crippen LogP contribution in [0.25, 0.3) is 0 Å². The quantitative estimate of drug-likeness (QED) is 0.798. The smallest absolute Gasteiger partial charge is 0.289 e. The topological polar surface area (TPSA) is 78.1 Å². The summed E-state index contributed by atoms with van der Waals surface area (Å²) in [6.07, 6.45) is 1.03. The lowest BCUT2D eigenvalue weighted by atomic mass is 10.2. The molecule has 2 aliphatic heterocycles. The third-order valence-corrected chi connectivity index (χ3v) is 3.39. The first kappa shape index (κ1) is 11.6. The molecule has 1 saturated heterocycles. The minimum absolute atomic E-state index is 0.107. The molecular weight excluding hydrogens is 258 g/mol. The summed E-state index contributed by atoms with van der Waals surface area (Å²) in [5.41, 5.74) is 2.88. The van der Waals surface area contributed by atoms with Crippen molar-refractivity contribution in [3.05, 3.63) is 23.2 Å². The molecule has 0 aromatic carbocycles. The van der Waals surface area contributed by atoms with Gasteiger partial charge in [0.1, 0.15) is 0 Å². The number of halogens is 1. The highest BCUT2D eigenvalue weighted by Gasteiger charge is 2.29. The van der Waals surface area contributed by atoms with Crippen molar-refractivity contribution in [2.75, 3.05) is 13.1 Å². The zero-order valence-electron chi connectivity index (χ0n) is 9.52. The lowest BCUT2D eigenvalue weighted by Gasteiger charge is -2.13. The number of hydrogen-bond acceptors (Lipinski definition) is 5. The summed E-state index contributed by atoms with van der Waals surface area (Å²) in [7, 11) is 0. The molecule has 18 heavy (non-hydrogen) atoms. The first-order chi connectivity index (χ1) is 8.66. The average Bonchev–Trinajstić information content (AvgIpc) is 3.01. The fraction of sp³-hybridized carbons (Fsp3) is 0.455. The summed E-state index contributed by atoms with van der Waals surface area (Å²) in [5.74, 6) is 0.280. The van der Waals surface area contributed by atoms with Gasteiger partial charge in [0.15, 0.2) is 22.9 Å². The van der Waals surface area contributed by atoms with E-state index in [-0.39, 0.29) is 22.6 Å². The molecular formula is C11H12ClN3O3. The van der Waals surface area contributed by atoms with E-state index in [0.29, 0.717) is 5.56 Å².